The van der Waals surface area contributed by atoms with E-state index in [1.807, 2.05) is 0 Å². The zero-order valence-corrected chi connectivity index (χ0v) is 10.1. The Morgan fingerprint density at radius 2 is 2.00 bits per heavy atom. The number of urea groups is 1. The van der Waals surface area contributed by atoms with Gasteiger partial charge in [-0.2, -0.15) is 0 Å². The molecule has 0 aliphatic carbocycles. The summed E-state index contributed by atoms with van der Waals surface area (Å²) in [5, 5.41) is 2.12. The third-order valence-electron chi connectivity index (χ3n) is 2.14. The average Bonchev–Trinajstić information content (AvgIpc) is 2.10. The smallest absolute Gasteiger partial charge is 0.277 e. The predicted molar refractivity (Wildman–Crippen MR) is 57.1 cm³/mol. The van der Waals surface area contributed by atoms with E-state index >= 15 is 0 Å². The van der Waals surface area contributed by atoms with Crippen LogP contribution in [0.5, 0.6) is 0 Å². The van der Waals surface area contributed by atoms with Gasteiger partial charge in [-0.25, -0.2) is 4.79 Å². The van der Waals surface area contributed by atoms with Crippen LogP contribution in [0.1, 0.15) is 13.8 Å². The summed E-state index contributed by atoms with van der Waals surface area (Å²) >= 11 is 3.06. The van der Waals surface area contributed by atoms with E-state index in [4.69, 9.17) is 0 Å². The minimum absolute atomic E-state index is 0.0569. The van der Waals surface area contributed by atoms with Crippen molar-refractivity contribution in [1.82, 2.24) is 10.2 Å². The van der Waals surface area contributed by atoms with Gasteiger partial charge in [0.2, 0.25) is 11.8 Å². The SMILES string of the molecule is C=C(Br)CN1C(=O)NC(=O)C(C)(C)C1=O. The molecule has 6 heteroatoms. The molecule has 1 aliphatic rings. The number of rotatable bonds is 2. The number of halogens is 1. The summed E-state index contributed by atoms with van der Waals surface area (Å²) in [6, 6.07) is -0.704. The number of carbonyl (C=O) groups is 3. The number of barbiturate groups is 1. The Hall–Kier alpha value is -1.17. The highest BCUT2D eigenvalue weighted by atomic mass is 79.9. The lowest BCUT2D eigenvalue weighted by molar-refractivity contribution is -0.148. The van der Waals surface area contributed by atoms with Gasteiger partial charge >= 0.3 is 6.03 Å². The highest BCUT2D eigenvalue weighted by Crippen LogP contribution is 2.24. The first kappa shape index (κ1) is 11.9. The van der Waals surface area contributed by atoms with Crippen molar-refractivity contribution in [2.24, 2.45) is 5.41 Å². The molecule has 1 rings (SSSR count). The molecule has 15 heavy (non-hydrogen) atoms. The summed E-state index contributed by atoms with van der Waals surface area (Å²) in [7, 11) is 0. The van der Waals surface area contributed by atoms with Crippen molar-refractivity contribution in [2.75, 3.05) is 6.54 Å². The lowest BCUT2D eigenvalue weighted by Gasteiger charge is -2.34. The van der Waals surface area contributed by atoms with Gasteiger partial charge in [0.15, 0.2) is 0 Å². The van der Waals surface area contributed by atoms with Crippen molar-refractivity contribution in [3.63, 3.8) is 0 Å². The molecule has 0 unspecified atom stereocenters. The molecule has 0 aromatic carbocycles. The Kier molecular flexibility index (Phi) is 2.99. The lowest BCUT2D eigenvalue weighted by Crippen LogP contribution is -2.61. The molecule has 0 atom stereocenters. The average molecular weight is 275 g/mol. The second kappa shape index (κ2) is 3.77. The maximum absolute atomic E-state index is 11.8. The van der Waals surface area contributed by atoms with Gasteiger partial charge in [0.25, 0.3) is 0 Å². The molecule has 1 aliphatic heterocycles. The molecule has 82 valence electrons. The number of imide groups is 2. The van der Waals surface area contributed by atoms with Crippen molar-refractivity contribution in [3.8, 4) is 0 Å². The summed E-state index contributed by atoms with van der Waals surface area (Å²) in [5.41, 5.74) is -1.21. The Morgan fingerprint density at radius 3 is 2.47 bits per heavy atom. The van der Waals surface area contributed by atoms with Crippen LogP contribution < -0.4 is 5.32 Å². The molecule has 1 N–H and O–H groups in total. The zero-order valence-electron chi connectivity index (χ0n) is 8.46. The standard InChI is InChI=1S/C9H11BrN2O3/c1-5(10)4-12-7(14)9(2,3)6(13)11-8(12)15/h1,4H2,2-3H3,(H,11,13,15). The van der Waals surface area contributed by atoms with Gasteiger partial charge in [-0.1, -0.05) is 22.5 Å². The van der Waals surface area contributed by atoms with Crippen molar-refractivity contribution in [2.45, 2.75) is 13.8 Å². The summed E-state index contributed by atoms with van der Waals surface area (Å²) in [6.45, 7) is 6.55. The summed E-state index contributed by atoms with van der Waals surface area (Å²) < 4.78 is 0.496. The zero-order chi connectivity index (χ0) is 11.8. The van der Waals surface area contributed by atoms with Crippen molar-refractivity contribution in [3.05, 3.63) is 11.1 Å². The van der Waals surface area contributed by atoms with Crippen LogP contribution in [-0.4, -0.2) is 29.3 Å². The van der Waals surface area contributed by atoms with Crippen LogP contribution in [0.2, 0.25) is 0 Å². The fourth-order valence-corrected chi connectivity index (χ4v) is 1.41. The molecular weight excluding hydrogens is 264 g/mol. The minimum Gasteiger partial charge on any atom is -0.277 e. The molecule has 0 aromatic rings. The van der Waals surface area contributed by atoms with Gasteiger partial charge in [-0.15, -0.1) is 0 Å². The Balaban J connectivity index is 2.99. The number of nitrogens with zero attached hydrogens (tertiary/aromatic N) is 1. The second-order valence-corrected chi connectivity index (χ2v) is 4.91. The van der Waals surface area contributed by atoms with Crippen LogP contribution in [-0.2, 0) is 9.59 Å². The molecule has 0 radical (unpaired) electrons. The van der Waals surface area contributed by atoms with Crippen molar-refractivity contribution >= 4 is 33.8 Å². The van der Waals surface area contributed by atoms with E-state index in [0.29, 0.717) is 4.48 Å². The van der Waals surface area contributed by atoms with E-state index in [1.165, 1.54) is 13.8 Å². The molecule has 1 heterocycles. The minimum atomic E-state index is -1.21. The quantitative estimate of drug-likeness (QED) is 0.764. The summed E-state index contributed by atoms with van der Waals surface area (Å²) in [4.78, 5) is 35.4. The number of amides is 4. The molecule has 0 bridgehead atoms. The predicted octanol–water partition coefficient (Wildman–Crippen LogP) is 1.000. The van der Waals surface area contributed by atoms with E-state index in [9.17, 15) is 14.4 Å². The normalized spacial score (nSPS) is 20.2. The number of carbonyl (C=O) groups excluding carboxylic acids is 3. The molecule has 1 saturated heterocycles. The number of hydrogen-bond acceptors (Lipinski definition) is 3. The van der Waals surface area contributed by atoms with Crippen LogP contribution in [0.15, 0.2) is 11.1 Å². The number of hydrogen-bond donors (Lipinski definition) is 1. The molecule has 4 amide bonds. The third-order valence-corrected chi connectivity index (χ3v) is 2.39. The van der Waals surface area contributed by atoms with E-state index in [2.05, 4.69) is 27.8 Å². The molecule has 1 fully saturated rings. The Bertz CT molecular complexity index is 362. The molecule has 0 saturated carbocycles. The maximum Gasteiger partial charge on any atom is 0.331 e. The fourth-order valence-electron chi connectivity index (χ4n) is 1.16. The summed E-state index contributed by atoms with van der Waals surface area (Å²) in [6.07, 6.45) is 0. The van der Waals surface area contributed by atoms with Crippen LogP contribution >= 0.6 is 15.9 Å². The van der Waals surface area contributed by atoms with Gasteiger partial charge in [0.1, 0.15) is 5.41 Å². The maximum atomic E-state index is 11.8. The molecular formula is C9H11BrN2O3. The Morgan fingerprint density at radius 1 is 1.47 bits per heavy atom. The van der Waals surface area contributed by atoms with Crippen molar-refractivity contribution in [1.29, 1.82) is 0 Å². The first-order valence-electron chi connectivity index (χ1n) is 4.27. The third kappa shape index (κ3) is 2.09. The van der Waals surface area contributed by atoms with Crippen LogP contribution in [0.25, 0.3) is 0 Å². The van der Waals surface area contributed by atoms with Crippen LogP contribution in [0, 0.1) is 5.41 Å². The highest BCUT2D eigenvalue weighted by Gasteiger charge is 2.46. The fraction of sp³-hybridized carbons (Fsp3) is 0.444. The first-order valence-corrected chi connectivity index (χ1v) is 5.06. The monoisotopic (exact) mass is 274 g/mol. The highest BCUT2D eigenvalue weighted by molar-refractivity contribution is 9.11. The van der Waals surface area contributed by atoms with Gasteiger partial charge in [-0.05, 0) is 13.8 Å². The largest absolute Gasteiger partial charge is 0.331 e. The van der Waals surface area contributed by atoms with Gasteiger partial charge < -0.3 is 0 Å². The van der Waals surface area contributed by atoms with Crippen molar-refractivity contribution < 1.29 is 14.4 Å². The van der Waals surface area contributed by atoms with Gasteiger partial charge in [0, 0.05) is 4.48 Å². The van der Waals surface area contributed by atoms with E-state index in [-0.39, 0.29) is 6.54 Å². The molecule has 0 spiro atoms. The Labute approximate surface area is 95.6 Å². The second-order valence-electron chi connectivity index (χ2n) is 3.79. The topological polar surface area (TPSA) is 66.5 Å². The van der Waals surface area contributed by atoms with Gasteiger partial charge in [0.05, 0.1) is 6.54 Å². The van der Waals surface area contributed by atoms with E-state index in [0.717, 1.165) is 4.90 Å². The van der Waals surface area contributed by atoms with Crippen LogP contribution in [0.3, 0.4) is 0 Å². The molecule has 0 aromatic heterocycles. The number of nitrogens with one attached hydrogen (secondary N) is 1. The lowest BCUT2D eigenvalue weighted by atomic mass is 9.89. The van der Waals surface area contributed by atoms with Gasteiger partial charge in [-0.3, -0.25) is 19.8 Å². The first-order chi connectivity index (χ1) is 6.76. The summed E-state index contributed by atoms with van der Waals surface area (Å²) in [5.74, 6) is -1.09. The molecule has 5 nitrogen and oxygen atoms in total. The van der Waals surface area contributed by atoms with E-state index in [1.54, 1.807) is 0 Å². The van der Waals surface area contributed by atoms with E-state index < -0.39 is 23.3 Å². The van der Waals surface area contributed by atoms with Crippen LogP contribution in [0.4, 0.5) is 4.79 Å².